The molecule has 0 radical (unpaired) electrons. The Bertz CT molecular complexity index is 1000. The molecule has 6 nitrogen and oxygen atoms in total. The van der Waals surface area contributed by atoms with Crippen LogP contribution in [0, 0.1) is 0 Å². The summed E-state index contributed by atoms with van der Waals surface area (Å²) in [5.74, 6) is 0.0833. The van der Waals surface area contributed by atoms with E-state index in [0.29, 0.717) is 33.9 Å². The molecule has 2 aromatic rings. The monoisotopic (exact) mass is 443 g/mol. The largest absolute Gasteiger partial charge is 0.490 e. The minimum absolute atomic E-state index is 0.0874. The van der Waals surface area contributed by atoms with E-state index in [2.05, 4.69) is 0 Å². The number of hydrogen-bond acceptors (Lipinski definition) is 6. The predicted molar refractivity (Wildman–Crippen MR) is 121 cm³/mol. The fraction of sp³-hybridized carbons (Fsp3) is 0.227. The highest BCUT2D eigenvalue weighted by Gasteiger charge is 2.30. The van der Waals surface area contributed by atoms with E-state index in [1.54, 1.807) is 41.3 Å². The zero-order valence-electron chi connectivity index (χ0n) is 16.6. The molecule has 1 heterocycles. The van der Waals surface area contributed by atoms with Crippen LogP contribution in [0.1, 0.15) is 35.3 Å². The Labute approximate surface area is 184 Å². The molecule has 8 heteroatoms. The van der Waals surface area contributed by atoms with Crippen molar-refractivity contribution in [2.75, 3.05) is 13.2 Å². The van der Waals surface area contributed by atoms with Gasteiger partial charge in [-0.25, -0.2) is 4.79 Å². The number of hydrogen-bond donors (Lipinski definition) is 1. The van der Waals surface area contributed by atoms with Crippen LogP contribution >= 0.6 is 24.0 Å². The lowest BCUT2D eigenvalue weighted by Gasteiger charge is -2.13. The van der Waals surface area contributed by atoms with Crippen LogP contribution in [-0.4, -0.2) is 39.4 Å². The van der Waals surface area contributed by atoms with Crippen LogP contribution in [0.3, 0.4) is 0 Å². The van der Waals surface area contributed by atoms with Crippen molar-refractivity contribution in [2.45, 2.75) is 20.5 Å². The molecule has 0 saturated carbocycles. The van der Waals surface area contributed by atoms with Crippen LogP contribution in [0.4, 0.5) is 0 Å². The second-order valence-electron chi connectivity index (χ2n) is 6.36. The predicted octanol–water partition coefficient (Wildman–Crippen LogP) is 4.58. The molecule has 30 heavy (non-hydrogen) atoms. The third kappa shape index (κ3) is 5.01. The second kappa shape index (κ2) is 9.77. The summed E-state index contributed by atoms with van der Waals surface area (Å²) >= 11 is 6.54. The van der Waals surface area contributed by atoms with Crippen LogP contribution in [0.25, 0.3) is 6.08 Å². The molecular weight excluding hydrogens is 422 g/mol. The van der Waals surface area contributed by atoms with Crippen molar-refractivity contribution in [1.29, 1.82) is 0 Å². The summed E-state index contributed by atoms with van der Waals surface area (Å²) in [5.41, 5.74) is 1.88. The van der Waals surface area contributed by atoms with Gasteiger partial charge in [0.25, 0.3) is 5.91 Å². The normalized spacial score (nSPS) is 15.0. The minimum atomic E-state index is -0.965. The van der Waals surface area contributed by atoms with Crippen LogP contribution in [0.15, 0.2) is 47.4 Å². The van der Waals surface area contributed by atoms with Gasteiger partial charge in [0, 0.05) is 6.54 Å². The third-order valence-electron chi connectivity index (χ3n) is 4.35. The van der Waals surface area contributed by atoms with Crippen LogP contribution in [-0.2, 0) is 11.4 Å². The molecule has 0 bridgehead atoms. The molecule has 0 aromatic heterocycles. The molecule has 1 amide bonds. The van der Waals surface area contributed by atoms with Gasteiger partial charge in [-0.05, 0) is 55.3 Å². The first-order valence-corrected chi connectivity index (χ1v) is 10.6. The number of thiocarbonyl (C=S) groups is 1. The fourth-order valence-corrected chi connectivity index (χ4v) is 4.21. The molecule has 0 spiro atoms. The molecule has 1 aliphatic rings. The Morgan fingerprint density at radius 2 is 1.87 bits per heavy atom. The molecule has 0 atom stereocenters. The molecule has 156 valence electrons. The van der Waals surface area contributed by atoms with E-state index in [-0.39, 0.29) is 18.1 Å². The molecular formula is C22H21NO5S2. The van der Waals surface area contributed by atoms with Crippen molar-refractivity contribution in [3.05, 3.63) is 64.1 Å². The van der Waals surface area contributed by atoms with E-state index in [4.69, 9.17) is 26.8 Å². The van der Waals surface area contributed by atoms with Crippen molar-refractivity contribution in [3.8, 4) is 11.5 Å². The molecule has 0 unspecified atom stereocenters. The maximum atomic E-state index is 12.4. The quantitative estimate of drug-likeness (QED) is 0.473. The number of likely N-dealkylation sites (N-methyl/N-ethyl adjacent to an activating group) is 1. The van der Waals surface area contributed by atoms with E-state index in [0.717, 1.165) is 11.1 Å². The molecule has 1 fully saturated rings. The molecule has 1 saturated heterocycles. The molecule has 2 aromatic carbocycles. The Kier molecular flexibility index (Phi) is 7.12. The number of aromatic carboxylic acids is 1. The summed E-state index contributed by atoms with van der Waals surface area (Å²) in [5, 5.41) is 8.98. The SMILES string of the molecule is CCOc1cc(/C=C2\SC(=S)N(CC)C2=O)ccc1OCc1ccc(C(=O)O)cc1. The summed E-state index contributed by atoms with van der Waals surface area (Å²) in [6, 6.07) is 12.0. The van der Waals surface area contributed by atoms with E-state index in [1.165, 1.54) is 11.8 Å². The van der Waals surface area contributed by atoms with Gasteiger partial charge in [-0.3, -0.25) is 9.69 Å². The zero-order chi connectivity index (χ0) is 21.7. The highest BCUT2D eigenvalue weighted by atomic mass is 32.2. The summed E-state index contributed by atoms with van der Waals surface area (Å²) in [6.07, 6.45) is 1.80. The topological polar surface area (TPSA) is 76.1 Å². The van der Waals surface area contributed by atoms with Gasteiger partial charge in [0.15, 0.2) is 11.5 Å². The lowest BCUT2D eigenvalue weighted by atomic mass is 10.1. The van der Waals surface area contributed by atoms with Crippen LogP contribution in [0.2, 0.25) is 0 Å². The summed E-state index contributed by atoms with van der Waals surface area (Å²) in [6.45, 7) is 5.06. The number of carboxylic acids is 1. The second-order valence-corrected chi connectivity index (χ2v) is 8.03. The summed E-state index contributed by atoms with van der Waals surface area (Å²) in [4.78, 5) is 25.5. The zero-order valence-corrected chi connectivity index (χ0v) is 18.2. The first kappa shape index (κ1) is 21.9. The van der Waals surface area contributed by atoms with Crippen molar-refractivity contribution >= 4 is 46.3 Å². The lowest BCUT2D eigenvalue weighted by Crippen LogP contribution is -2.27. The molecule has 0 aliphatic carbocycles. The van der Waals surface area contributed by atoms with Gasteiger partial charge < -0.3 is 14.6 Å². The summed E-state index contributed by atoms with van der Waals surface area (Å²) < 4.78 is 12.2. The summed E-state index contributed by atoms with van der Waals surface area (Å²) in [7, 11) is 0. The average Bonchev–Trinajstić information content (AvgIpc) is 3.00. The van der Waals surface area contributed by atoms with Crippen molar-refractivity contribution in [2.24, 2.45) is 0 Å². The van der Waals surface area contributed by atoms with Gasteiger partial charge in [0.05, 0.1) is 17.1 Å². The Balaban J connectivity index is 1.76. The standard InChI is InChI=1S/C22H21NO5S2/c1-3-23-20(24)19(30-22(23)29)12-15-7-10-17(18(11-15)27-4-2)28-13-14-5-8-16(9-6-14)21(25)26/h5-12H,3-4,13H2,1-2H3,(H,25,26)/b19-12-. The van der Waals surface area contributed by atoms with Crippen LogP contribution in [0.5, 0.6) is 11.5 Å². The Morgan fingerprint density at radius 3 is 2.47 bits per heavy atom. The highest BCUT2D eigenvalue weighted by Crippen LogP contribution is 2.35. The first-order chi connectivity index (χ1) is 14.4. The Hall–Kier alpha value is -2.84. The number of carbonyl (C=O) groups is 2. The number of benzene rings is 2. The molecule has 3 rings (SSSR count). The van der Waals surface area contributed by atoms with Crippen molar-refractivity contribution in [3.63, 3.8) is 0 Å². The third-order valence-corrected chi connectivity index (χ3v) is 5.73. The van der Waals surface area contributed by atoms with E-state index in [9.17, 15) is 9.59 Å². The van der Waals surface area contributed by atoms with E-state index < -0.39 is 5.97 Å². The number of thioether (sulfide) groups is 1. The average molecular weight is 444 g/mol. The smallest absolute Gasteiger partial charge is 0.335 e. The van der Waals surface area contributed by atoms with Gasteiger partial charge in [-0.2, -0.15) is 0 Å². The fourth-order valence-electron chi connectivity index (χ4n) is 2.83. The lowest BCUT2D eigenvalue weighted by molar-refractivity contribution is -0.121. The first-order valence-electron chi connectivity index (χ1n) is 9.40. The van der Waals surface area contributed by atoms with Crippen molar-refractivity contribution < 1.29 is 24.2 Å². The minimum Gasteiger partial charge on any atom is -0.490 e. The van der Waals surface area contributed by atoms with Gasteiger partial charge in [-0.15, -0.1) is 0 Å². The maximum absolute atomic E-state index is 12.4. The van der Waals surface area contributed by atoms with Gasteiger partial charge in [0.1, 0.15) is 10.9 Å². The number of amides is 1. The van der Waals surface area contributed by atoms with E-state index >= 15 is 0 Å². The van der Waals surface area contributed by atoms with Crippen LogP contribution < -0.4 is 9.47 Å². The number of ether oxygens (including phenoxy) is 2. The number of nitrogens with zero attached hydrogens (tertiary/aromatic N) is 1. The van der Waals surface area contributed by atoms with Gasteiger partial charge in [0.2, 0.25) is 0 Å². The Morgan fingerprint density at radius 1 is 1.13 bits per heavy atom. The molecule has 1 aliphatic heterocycles. The van der Waals surface area contributed by atoms with Gasteiger partial charge >= 0.3 is 5.97 Å². The van der Waals surface area contributed by atoms with Gasteiger partial charge in [-0.1, -0.05) is 42.2 Å². The van der Waals surface area contributed by atoms with E-state index in [1.807, 2.05) is 26.0 Å². The number of carboxylic acid groups (broad SMARTS) is 1. The molecule has 1 N–H and O–H groups in total. The highest BCUT2D eigenvalue weighted by molar-refractivity contribution is 8.26. The number of rotatable bonds is 8. The van der Waals surface area contributed by atoms with Crippen molar-refractivity contribution in [1.82, 2.24) is 4.90 Å². The maximum Gasteiger partial charge on any atom is 0.335 e. The number of carbonyl (C=O) groups excluding carboxylic acids is 1.